The van der Waals surface area contributed by atoms with Crippen molar-refractivity contribution in [2.45, 2.75) is 19.8 Å². The Bertz CT molecular complexity index is 655. The molecule has 0 radical (unpaired) electrons. The van der Waals surface area contributed by atoms with Crippen LogP contribution in [-0.2, 0) is 0 Å². The summed E-state index contributed by atoms with van der Waals surface area (Å²) in [6, 6.07) is 8.09. The summed E-state index contributed by atoms with van der Waals surface area (Å²) in [5.41, 5.74) is 2.17. The monoisotopic (exact) mass is 255 g/mol. The maximum absolute atomic E-state index is 5.23. The van der Waals surface area contributed by atoms with Crippen LogP contribution in [0.1, 0.15) is 25.3 Å². The number of rotatable bonds is 3. The van der Waals surface area contributed by atoms with E-state index in [1.54, 1.807) is 0 Å². The van der Waals surface area contributed by atoms with E-state index in [1.807, 2.05) is 12.1 Å². The number of hydrogen-bond donors (Lipinski definition) is 1. The number of nitrogens with zero attached hydrogens (tertiary/aromatic N) is 4. The number of aromatic nitrogens is 5. The van der Waals surface area contributed by atoms with Gasteiger partial charge in [-0.2, -0.15) is 10.1 Å². The molecule has 2 heterocycles. The van der Waals surface area contributed by atoms with Crippen molar-refractivity contribution in [1.82, 2.24) is 25.3 Å². The van der Waals surface area contributed by atoms with Crippen LogP contribution in [0.3, 0.4) is 0 Å². The molecule has 3 rings (SSSR count). The van der Waals surface area contributed by atoms with Crippen molar-refractivity contribution < 1.29 is 4.52 Å². The molecule has 6 heteroatoms. The standard InChI is InChI=1S/C13H13N5O/c1-8(2)9-3-5-10(6-4-9)13-16-12(18-19-13)11-14-7-15-17-11/h3-8H,1-2H3,(H,14,15,17). The zero-order valence-corrected chi connectivity index (χ0v) is 10.7. The summed E-state index contributed by atoms with van der Waals surface area (Å²) in [6.45, 7) is 4.31. The highest BCUT2D eigenvalue weighted by atomic mass is 16.5. The lowest BCUT2D eigenvalue weighted by Crippen LogP contribution is -1.87. The first-order valence-electron chi connectivity index (χ1n) is 6.04. The van der Waals surface area contributed by atoms with E-state index >= 15 is 0 Å². The molecule has 0 aliphatic heterocycles. The molecule has 1 aromatic carbocycles. The van der Waals surface area contributed by atoms with Gasteiger partial charge in [-0.15, -0.1) is 0 Å². The topological polar surface area (TPSA) is 80.5 Å². The first kappa shape index (κ1) is 11.6. The van der Waals surface area contributed by atoms with Gasteiger partial charge in [0.05, 0.1) is 0 Å². The molecule has 0 fully saturated rings. The molecule has 19 heavy (non-hydrogen) atoms. The fraction of sp³-hybridized carbons (Fsp3) is 0.231. The van der Waals surface area contributed by atoms with Crippen LogP contribution in [0.15, 0.2) is 35.1 Å². The Morgan fingerprint density at radius 2 is 1.95 bits per heavy atom. The fourth-order valence-corrected chi connectivity index (χ4v) is 1.76. The van der Waals surface area contributed by atoms with E-state index in [4.69, 9.17) is 4.52 Å². The van der Waals surface area contributed by atoms with E-state index in [0.717, 1.165) is 5.56 Å². The Morgan fingerprint density at radius 3 is 2.58 bits per heavy atom. The van der Waals surface area contributed by atoms with E-state index < -0.39 is 0 Å². The van der Waals surface area contributed by atoms with Crippen LogP contribution in [0.4, 0.5) is 0 Å². The summed E-state index contributed by atoms with van der Waals surface area (Å²) in [5.74, 6) is 1.87. The van der Waals surface area contributed by atoms with Gasteiger partial charge in [0.2, 0.25) is 5.82 Å². The van der Waals surface area contributed by atoms with Gasteiger partial charge in [0, 0.05) is 5.56 Å². The third-order valence-electron chi connectivity index (χ3n) is 2.88. The Hall–Kier alpha value is -2.50. The summed E-state index contributed by atoms with van der Waals surface area (Å²) in [7, 11) is 0. The van der Waals surface area contributed by atoms with Gasteiger partial charge in [-0.3, -0.25) is 5.10 Å². The van der Waals surface area contributed by atoms with Crippen LogP contribution in [0.5, 0.6) is 0 Å². The first-order valence-corrected chi connectivity index (χ1v) is 6.04. The molecule has 0 spiro atoms. The van der Waals surface area contributed by atoms with Gasteiger partial charge in [-0.1, -0.05) is 31.1 Å². The highest BCUT2D eigenvalue weighted by Crippen LogP contribution is 2.22. The first-order chi connectivity index (χ1) is 9.24. The summed E-state index contributed by atoms with van der Waals surface area (Å²) < 4.78 is 5.23. The van der Waals surface area contributed by atoms with Crippen molar-refractivity contribution in [3.8, 4) is 23.1 Å². The fourth-order valence-electron chi connectivity index (χ4n) is 1.76. The minimum Gasteiger partial charge on any atom is -0.334 e. The van der Waals surface area contributed by atoms with E-state index in [9.17, 15) is 0 Å². The molecular weight excluding hydrogens is 242 g/mol. The van der Waals surface area contributed by atoms with Gasteiger partial charge in [0.25, 0.3) is 5.89 Å². The van der Waals surface area contributed by atoms with Crippen molar-refractivity contribution in [1.29, 1.82) is 0 Å². The average molecular weight is 255 g/mol. The van der Waals surface area contributed by atoms with Gasteiger partial charge < -0.3 is 4.52 Å². The summed E-state index contributed by atoms with van der Waals surface area (Å²) in [4.78, 5) is 8.27. The second-order valence-corrected chi connectivity index (χ2v) is 4.53. The second-order valence-electron chi connectivity index (χ2n) is 4.53. The van der Waals surface area contributed by atoms with Crippen molar-refractivity contribution in [3.63, 3.8) is 0 Å². The highest BCUT2D eigenvalue weighted by Gasteiger charge is 2.12. The maximum Gasteiger partial charge on any atom is 0.258 e. The summed E-state index contributed by atoms with van der Waals surface area (Å²) >= 11 is 0. The Morgan fingerprint density at radius 1 is 1.16 bits per heavy atom. The molecule has 0 unspecified atom stereocenters. The molecule has 96 valence electrons. The van der Waals surface area contributed by atoms with Crippen LogP contribution in [0.25, 0.3) is 23.1 Å². The average Bonchev–Trinajstić information content (AvgIpc) is 3.10. The third-order valence-corrected chi connectivity index (χ3v) is 2.88. The Kier molecular flexibility index (Phi) is 2.83. The SMILES string of the molecule is CC(C)c1ccc(-c2nc(-c3ncn[nH]3)no2)cc1. The predicted octanol–water partition coefficient (Wildman–Crippen LogP) is 2.65. The molecule has 0 amide bonds. The smallest absolute Gasteiger partial charge is 0.258 e. The van der Waals surface area contributed by atoms with E-state index in [1.165, 1.54) is 11.9 Å². The highest BCUT2D eigenvalue weighted by molar-refractivity contribution is 5.56. The zero-order chi connectivity index (χ0) is 13.2. The predicted molar refractivity (Wildman–Crippen MR) is 69.2 cm³/mol. The summed E-state index contributed by atoms with van der Waals surface area (Å²) in [5, 5.41) is 10.3. The number of H-pyrrole nitrogens is 1. The Labute approximate surface area is 109 Å². The molecule has 0 saturated carbocycles. The van der Waals surface area contributed by atoms with E-state index in [-0.39, 0.29) is 0 Å². The van der Waals surface area contributed by atoms with Crippen molar-refractivity contribution in [3.05, 3.63) is 36.2 Å². The quantitative estimate of drug-likeness (QED) is 0.778. The van der Waals surface area contributed by atoms with Crippen molar-refractivity contribution in [2.75, 3.05) is 0 Å². The van der Waals surface area contributed by atoms with Gasteiger partial charge in [-0.05, 0) is 23.6 Å². The zero-order valence-electron chi connectivity index (χ0n) is 10.7. The minimum absolute atomic E-state index is 0.403. The number of hydrogen-bond acceptors (Lipinski definition) is 5. The molecule has 2 aromatic heterocycles. The minimum atomic E-state index is 0.403. The van der Waals surface area contributed by atoms with Gasteiger partial charge >= 0.3 is 0 Å². The van der Waals surface area contributed by atoms with Crippen LogP contribution < -0.4 is 0 Å². The van der Waals surface area contributed by atoms with E-state index in [0.29, 0.717) is 23.5 Å². The van der Waals surface area contributed by atoms with Crippen molar-refractivity contribution in [2.24, 2.45) is 0 Å². The van der Waals surface area contributed by atoms with Gasteiger partial charge in [0.15, 0.2) is 5.82 Å². The third kappa shape index (κ3) is 2.24. The molecule has 1 N–H and O–H groups in total. The van der Waals surface area contributed by atoms with E-state index in [2.05, 4.69) is 51.3 Å². The molecule has 0 aliphatic rings. The molecule has 6 nitrogen and oxygen atoms in total. The number of nitrogens with one attached hydrogen (secondary N) is 1. The largest absolute Gasteiger partial charge is 0.334 e. The van der Waals surface area contributed by atoms with Gasteiger partial charge in [-0.25, -0.2) is 4.98 Å². The van der Waals surface area contributed by atoms with Crippen molar-refractivity contribution >= 4 is 0 Å². The molecule has 0 saturated heterocycles. The van der Waals surface area contributed by atoms with Crippen LogP contribution in [0.2, 0.25) is 0 Å². The van der Waals surface area contributed by atoms with Gasteiger partial charge in [0.1, 0.15) is 6.33 Å². The van der Waals surface area contributed by atoms with Crippen LogP contribution in [0, 0.1) is 0 Å². The molecule has 0 bridgehead atoms. The lowest BCUT2D eigenvalue weighted by Gasteiger charge is -2.04. The Balaban J connectivity index is 1.90. The lowest BCUT2D eigenvalue weighted by molar-refractivity contribution is 0.432. The summed E-state index contributed by atoms with van der Waals surface area (Å²) in [6.07, 6.45) is 1.41. The number of benzene rings is 1. The molecular formula is C13H13N5O. The second kappa shape index (κ2) is 4.64. The normalized spacial score (nSPS) is 11.1. The maximum atomic E-state index is 5.23. The lowest BCUT2D eigenvalue weighted by atomic mass is 10.0. The molecule has 0 aliphatic carbocycles. The number of aromatic amines is 1. The van der Waals surface area contributed by atoms with Crippen LogP contribution >= 0.6 is 0 Å². The van der Waals surface area contributed by atoms with Crippen LogP contribution in [-0.4, -0.2) is 25.3 Å². The molecule has 3 aromatic rings. The molecule has 0 atom stereocenters.